The number of guanidine groups is 1. The van der Waals surface area contributed by atoms with Gasteiger partial charge in [0.2, 0.25) is 0 Å². The molecule has 2 unspecified atom stereocenters. The van der Waals surface area contributed by atoms with Crippen molar-refractivity contribution in [2.45, 2.75) is 32.4 Å². The van der Waals surface area contributed by atoms with Gasteiger partial charge in [0.1, 0.15) is 5.82 Å². The third-order valence-corrected chi connectivity index (χ3v) is 5.79. The third-order valence-electron chi connectivity index (χ3n) is 5.79. The molecular formula is C24H31N5O. The van der Waals surface area contributed by atoms with Crippen molar-refractivity contribution >= 4 is 17.0 Å². The van der Waals surface area contributed by atoms with Crippen molar-refractivity contribution in [1.82, 2.24) is 20.2 Å². The van der Waals surface area contributed by atoms with Crippen molar-refractivity contribution in [2.24, 2.45) is 10.9 Å². The SMILES string of the molecule is CN=C(NCCCn1c(C)nc2ccccc21)NCC1CCOC1c1ccccc1. The lowest BCUT2D eigenvalue weighted by molar-refractivity contribution is 0.0915. The van der Waals surface area contributed by atoms with Crippen molar-refractivity contribution in [2.75, 3.05) is 26.7 Å². The molecule has 6 nitrogen and oxygen atoms in total. The fourth-order valence-corrected chi connectivity index (χ4v) is 4.22. The molecule has 3 aromatic rings. The molecule has 0 spiro atoms. The largest absolute Gasteiger partial charge is 0.373 e. The van der Waals surface area contributed by atoms with Crippen molar-refractivity contribution in [3.05, 3.63) is 66.0 Å². The zero-order valence-corrected chi connectivity index (χ0v) is 17.8. The Balaban J connectivity index is 1.25. The van der Waals surface area contributed by atoms with Crippen LogP contribution in [0.5, 0.6) is 0 Å². The van der Waals surface area contributed by atoms with Gasteiger partial charge in [0.15, 0.2) is 5.96 Å². The molecule has 2 N–H and O–H groups in total. The number of fused-ring (bicyclic) bond motifs is 1. The summed E-state index contributed by atoms with van der Waals surface area (Å²) < 4.78 is 8.28. The molecule has 2 atom stereocenters. The lowest BCUT2D eigenvalue weighted by atomic mass is 9.95. The highest BCUT2D eigenvalue weighted by Gasteiger charge is 2.29. The maximum absolute atomic E-state index is 5.99. The van der Waals surface area contributed by atoms with Crippen LogP contribution in [0, 0.1) is 12.8 Å². The van der Waals surface area contributed by atoms with Gasteiger partial charge < -0.3 is 19.9 Å². The Kier molecular flexibility index (Phi) is 6.64. The highest BCUT2D eigenvalue weighted by atomic mass is 16.5. The Morgan fingerprint density at radius 3 is 2.77 bits per heavy atom. The van der Waals surface area contributed by atoms with Crippen LogP contribution in [0.25, 0.3) is 11.0 Å². The van der Waals surface area contributed by atoms with Crippen molar-refractivity contribution in [1.29, 1.82) is 0 Å². The highest BCUT2D eigenvalue weighted by molar-refractivity contribution is 5.79. The minimum Gasteiger partial charge on any atom is -0.373 e. The number of benzene rings is 2. The van der Waals surface area contributed by atoms with Crippen LogP contribution in [0.1, 0.15) is 30.3 Å². The van der Waals surface area contributed by atoms with Crippen LogP contribution in [-0.2, 0) is 11.3 Å². The van der Waals surface area contributed by atoms with Gasteiger partial charge in [-0.05, 0) is 37.5 Å². The fraction of sp³-hybridized carbons (Fsp3) is 0.417. The summed E-state index contributed by atoms with van der Waals surface area (Å²) in [5.74, 6) is 2.36. The Labute approximate surface area is 178 Å². The summed E-state index contributed by atoms with van der Waals surface area (Å²) in [6.07, 6.45) is 2.23. The quantitative estimate of drug-likeness (QED) is 0.358. The molecule has 0 aliphatic carbocycles. The summed E-state index contributed by atoms with van der Waals surface area (Å²) in [6, 6.07) is 18.8. The molecule has 1 aliphatic rings. The van der Waals surface area contributed by atoms with Crippen LogP contribution in [0.3, 0.4) is 0 Å². The minimum absolute atomic E-state index is 0.161. The zero-order valence-electron chi connectivity index (χ0n) is 17.8. The molecule has 4 rings (SSSR count). The van der Waals surface area contributed by atoms with Crippen LogP contribution in [0.4, 0.5) is 0 Å². The molecule has 6 heteroatoms. The van der Waals surface area contributed by atoms with Crippen molar-refractivity contribution in [3.8, 4) is 0 Å². The zero-order chi connectivity index (χ0) is 20.8. The summed E-state index contributed by atoms with van der Waals surface area (Å²) in [4.78, 5) is 9.03. The molecule has 158 valence electrons. The molecule has 0 amide bonds. The number of hydrogen-bond acceptors (Lipinski definition) is 3. The van der Waals surface area contributed by atoms with Gasteiger partial charge in [0, 0.05) is 39.2 Å². The third kappa shape index (κ3) is 4.65. The Morgan fingerprint density at radius 2 is 1.93 bits per heavy atom. The van der Waals surface area contributed by atoms with Crippen LogP contribution < -0.4 is 10.6 Å². The van der Waals surface area contributed by atoms with Gasteiger partial charge in [0.25, 0.3) is 0 Å². The highest BCUT2D eigenvalue weighted by Crippen LogP contribution is 2.33. The first kappa shape index (κ1) is 20.4. The maximum atomic E-state index is 5.99. The van der Waals surface area contributed by atoms with E-state index < -0.39 is 0 Å². The standard InChI is InChI=1S/C24H31N5O/c1-18-28-21-11-6-7-12-22(21)29(18)15-8-14-26-24(25-2)27-17-20-13-16-30-23(20)19-9-4-3-5-10-19/h3-7,9-12,20,23H,8,13-17H2,1-2H3,(H2,25,26,27). The molecule has 2 heterocycles. The molecule has 1 fully saturated rings. The second-order valence-electron chi connectivity index (χ2n) is 7.78. The topological polar surface area (TPSA) is 63.5 Å². The van der Waals surface area contributed by atoms with Crippen LogP contribution >= 0.6 is 0 Å². The van der Waals surface area contributed by atoms with Gasteiger partial charge in [0.05, 0.1) is 17.1 Å². The van der Waals surface area contributed by atoms with Crippen molar-refractivity contribution < 1.29 is 4.74 Å². The van der Waals surface area contributed by atoms with E-state index in [9.17, 15) is 0 Å². The van der Waals surface area contributed by atoms with Crippen LogP contribution in [-0.4, -0.2) is 42.3 Å². The Hall–Kier alpha value is -2.86. The Bertz CT molecular complexity index is 982. The number of nitrogens with one attached hydrogen (secondary N) is 2. The summed E-state index contributed by atoms with van der Waals surface area (Å²) in [5, 5.41) is 6.93. The number of nitrogens with zero attached hydrogens (tertiary/aromatic N) is 3. The predicted molar refractivity (Wildman–Crippen MR) is 122 cm³/mol. The van der Waals surface area contributed by atoms with Gasteiger partial charge in [-0.1, -0.05) is 42.5 Å². The predicted octanol–water partition coefficient (Wildman–Crippen LogP) is 3.68. The number of aromatic nitrogens is 2. The number of para-hydroxylation sites is 2. The fourth-order valence-electron chi connectivity index (χ4n) is 4.22. The molecule has 0 radical (unpaired) electrons. The molecular weight excluding hydrogens is 374 g/mol. The average molecular weight is 406 g/mol. The number of aryl methyl sites for hydroxylation is 2. The van der Waals surface area contributed by atoms with Crippen molar-refractivity contribution in [3.63, 3.8) is 0 Å². The Morgan fingerprint density at radius 1 is 1.13 bits per heavy atom. The van der Waals surface area contributed by atoms with E-state index in [4.69, 9.17) is 4.74 Å². The number of rotatable bonds is 7. The maximum Gasteiger partial charge on any atom is 0.190 e. The van der Waals surface area contributed by atoms with E-state index in [0.717, 1.165) is 56.4 Å². The van der Waals surface area contributed by atoms with Gasteiger partial charge in [-0.2, -0.15) is 0 Å². The average Bonchev–Trinajstić information content (AvgIpc) is 3.38. The molecule has 2 aromatic carbocycles. The van der Waals surface area contributed by atoms with E-state index >= 15 is 0 Å². The second kappa shape index (κ2) is 9.76. The van der Waals surface area contributed by atoms with Gasteiger partial charge >= 0.3 is 0 Å². The smallest absolute Gasteiger partial charge is 0.190 e. The summed E-state index contributed by atoms with van der Waals surface area (Å²) >= 11 is 0. The van der Waals surface area contributed by atoms with Gasteiger partial charge in [-0.15, -0.1) is 0 Å². The lowest BCUT2D eigenvalue weighted by Crippen LogP contribution is -2.40. The normalized spacial score (nSPS) is 19.3. The first-order valence-electron chi connectivity index (χ1n) is 10.8. The van der Waals surface area contributed by atoms with E-state index in [2.05, 4.69) is 74.6 Å². The monoisotopic (exact) mass is 405 g/mol. The first-order valence-corrected chi connectivity index (χ1v) is 10.8. The second-order valence-corrected chi connectivity index (χ2v) is 7.78. The van der Waals surface area contributed by atoms with E-state index in [0.29, 0.717) is 5.92 Å². The molecule has 30 heavy (non-hydrogen) atoms. The number of hydrogen-bond donors (Lipinski definition) is 2. The molecule has 0 saturated carbocycles. The summed E-state index contributed by atoms with van der Waals surface area (Å²) in [5.41, 5.74) is 3.52. The van der Waals surface area contributed by atoms with E-state index in [1.54, 1.807) is 0 Å². The number of imidazole rings is 1. The molecule has 1 aromatic heterocycles. The summed E-state index contributed by atoms with van der Waals surface area (Å²) in [7, 11) is 1.82. The molecule has 0 bridgehead atoms. The molecule has 1 saturated heterocycles. The van der Waals surface area contributed by atoms with Gasteiger partial charge in [-0.25, -0.2) is 4.98 Å². The minimum atomic E-state index is 0.161. The van der Waals surface area contributed by atoms with Crippen LogP contribution in [0.15, 0.2) is 59.6 Å². The van der Waals surface area contributed by atoms with E-state index in [-0.39, 0.29) is 6.10 Å². The molecule has 1 aliphatic heterocycles. The number of ether oxygens (including phenoxy) is 1. The first-order chi connectivity index (χ1) is 14.8. The lowest BCUT2D eigenvalue weighted by Gasteiger charge is -2.21. The van der Waals surface area contributed by atoms with Crippen LogP contribution in [0.2, 0.25) is 0 Å². The van der Waals surface area contributed by atoms with E-state index in [1.807, 2.05) is 19.2 Å². The number of aliphatic imine (C=N–C) groups is 1. The van der Waals surface area contributed by atoms with Gasteiger partial charge in [-0.3, -0.25) is 4.99 Å². The van der Waals surface area contributed by atoms with E-state index in [1.165, 1.54) is 11.1 Å². The summed E-state index contributed by atoms with van der Waals surface area (Å²) in [6.45, 7) is 5.53.